The van der Waals surface area contributed by atoms with Gasteiger partial charge in [-0.2, -0.15) is 0 Å². The molecule has 1 saturated heterocycles. The number of nitrogens with zero attached hydrogens (tertiary/aromatic N) is 3. The first kappa shape index (κ1) is 14.5. The summed E-state index contributed by atoms with van der Waals surface area (Å²) in [5, 5.41) is 2.48. The minimum absolute atomic E-state index is 0.0798. The topological polar surface area (TPSA) is 101 Å². The molecule has 1 aromatic heterocycles. The Labute approximate surface area is 116 Å². The number of carbonyl (C=O) groups excluding carboxylic acids is 2. The number of nitrogens with one attached hydrogen (secondary N) is 1. The van der Waals surface area contributed by atoms with E-state index < -0.39 is 21.4 Å². The number of hydrogen-bond acceptors (Lipinski definition) is 5. The van der Waals surface area contributed by atoms with E-state index in [0.29, 0.717) is 0 Å². The van der Waals surface area contributed by atoms with Crippen molar-refractivity contribution in [1.29, 1.82) is 0 Å². The van der Waals surface area contributed by atoms with Crippen LogP contribution in [0.2, 0.25) is 0 Å². The van der Waals surface area contributed by atoms with Gasteiger partial charge in [0.1, 0.15) is 5.54 Å². The van der Waals surface area contributed by atoms with E-state index in [9.17, 15) is 18.0 Å². The maximum absolute atomic E-state index is 12.0. The highest BCUT2D eigenvalue weighted by Gasteiger charge is 2.43. The molecule has 8 nitrogen and oxygen atoms in total. The molecule has 1 aromatic rings. The van der Waals surface area contributed by atoms with E-state index in [0.717, 1.165) is 11.2 Å². The zero-order chi connectivity index (χ0) is 15.1. The van der Waals surface area contributed by atoms with Gasteiger partial charge < -0.3 is 9.88 Å². The van der Waals surface area contributed by atoms with E-state index in [1.165, 1.54) is 17.0 Å². The summed E-state index contributed by atoms with van der Waals surface area (Å²) in [4.78, 5) is 28.5. The largest absolute Gasteiger partial charge is 0.325 e. The molecule has 9 heteroatoms. The summed E-state index contributed by atoms with van der Waals surface area (Å²) in [6, 6.07) is -0.471. The van der Waals surface area contributed by atoms with Gasteiger partial charge in [-0.05, 0) is 13.8 Å². The lowest BCUT2D eigenvalue weighted by Gasteiger charge is -2.16. The summed E-state index contributed by atoms with van der Waals surface area (Å²) >= 11 is 0. The fraction of sp³-hybridized carbons (Fsp3) is 0.545. The Bertz CT molecular complexity index is 662. The van der Waals surface area contributed by atoms with Crippen LogP contribution >= 0.6 is 0 Å². The number of sulfone groups is 1. The third kappa shape index (κ3) is 2.53. The molecule has 20 heavy (non-hydrogen) atoms. The quantitative estimate of drug-likeness (QED) is 0.764. The molecule has 0 saturated carbocycles. The molecule has 2 heterocycles. The van der Waals surface area contributed by atoms with Crippen molar-refractivity contribution in [1.82, 2.24) is 19.8 Å². The van der Waals surface area contributed by atoms with Crippen LogP contribution < -0.4 is 5.32 Å². The van der Waals surface area contributed by atoms with Gasteiger partial charge >= 0.3 is 6.03 Å². The maximum atomic E-state index is 12.0. The number of aromatic nitrogens is 2. The van der Waals surface area contributed by atoms with Crippen LogP contribution in [0.15, 0.2) is 17.6 Å². The SMILES string of the molecule is CC1(C)NC(=O)N(CCn2ccnc2S(C)(=O)=O)C1=O. The number of imidazole rings is 1. The molecule has 0 unspecified atom stereocenters. The minimum Gasteiger partial charge on any atom is -0.324 e. The summed E-state index contributed by atoms with van der Waals surface area (Å²) in [6.07, 6.45) is 3.93. The lowest BCUT2D eigenvalue weighted by atomic mass is 10.1. The summed E-state index contributed by atoms with van der Waals surface area (Å²) in [7, 11) is -3.44. The van der Waals surface area contributed by atoms with Crippen molar-refractivity contribution in [2.75, 3.05) is 12.8 Å². The average molecular weight is 300 g/mol. The Morgan fingerprint density at radius 1 is 1.30 bits per heavy atom. The Hall–Kier alpha value is -1.90. The molecule has 0 bridgehead atoms. The van der Waals surface area contributed by atoms with Crippen molar-refractivity contribution in [3.8, 4) is 0 Å². The van der Waals surface area contributed by atoms with E-state index in [2.05, 4.69) is 10.3 Å². The van der Waals surface area contributed by atoms with Crippen LogP contribution in [-0.4, -0.2) is 53.1 Å². The maximum Gasteiger partial charge on any atom is 0.325 e. The normalized spacial score (nSPS) is 18.4. The first-order valence-corrected chi connectivity index (χ1v) is 7.87. The van der Waals surface area contributed by atoms with Gasteiger partial charge in [-0.25, -0.2) is 18.2 Å². The summed E-state index contributed by atoms with van der Waals surface area (Å²) in [6.45, 7) is 3.50. The molecule has 1 aliphatic heterocycles. The summed E-state index contributed by atoms with van der Waals surface area (Å²) < 4.78 is 24.4. The first-order chi connectivity index (χ1) is 9.13. The molecule has 3 amide bonds. The van der Waals surface area contributed by atoms with Gasteiger partial charge in [0.15, 0.2) is 0 Å². The molecule has 1 N–H and O–H groups in total. The van der Waals surface area contributed by atoms with Crippen molar-refractivity contribution >= 4 is 21.8 Å². The van der Waals surface area contributed by atoms with Crippen molar-refractivity contribution in [3.63, 3.8) is 0 Å². The number of urea groups is 1. The highest BCUT2D eigenvalue weighted by Crippen LogP contribution is 2.16. The molecule has 0 aromatic carbocycles. The third-order valence-electron chi connectivity index (χ3n) is 3.02. The minimum atomic E-state index is -3.44. The third-order valence-corrected chi connectivity index (χ3v) is 4.02. The number of hydrogen-bond donors (Lipinski definition) is 1. The monoisotopic (exact) mass is 300 g/mol. The van der Waals surface area contributed by atoms with Crippen LogP contribution in [0.1, 0.15) is 13.8 Å². The van der Waals surface area contributed by atoms with Gasteiger partial charge in [-0.15, -0.1) is 0 Å². The van der Waals surface area contributed by atoms with E-state index in [1.54, 1.807) is 13.8 Å². The van der Waals surface area contributed by atoms with Crippen LogP contribution in [0.3, 0.4) is 0 Å². The predicted octanol–water partition coefficient (Wildman–Crippen LogP) is -0.383. The van der Waals surface area contributed by atoms with E-state index in [1.807, 2.05) is 0 Å². The summed E-state index contributed by atoms with van der Waals surface area (Å²) in [5.41, 5.74) is -0.925. The van der Waals surface area contributed by atoms with E-state index in [-0.39, 0.29) is 24.2 Å². The van der Waals surface area contributed by atoms with Gasteiger partial charge in [-0.1, -0.05) is 0 Å². The van der Waals surface area contributed by atoms with Crippen molar-refractivity contribution in [2.24, 2.45) is 0 Å². The molecular formula is C11H16N4O4S. The fourth-order valence-electron chi connectivity index (χ4n) is 2.02. The fourth-order valence-corrected chi connectivity index (χ4v) is 2.85. The summed E-state index contributed by atoms with van der Waals surface area (Å²) in [5.74, 6) is -0.330. The average Bonchev–Trinajstić information content (AvgIpc) is 2.82. The number of carbonyl (C=O) groups is 2. The van der Waals surface area contributed by atoms with Gasteiger partial charge in [0.2, 0.25) is 15.0 Å². The highest BCUT2D eigenvalue weighted by atomic mass is 32.2. The second-order valence-electron chi connectivity index (χ2n) is 5.19. The number of amides is 3. The van der Waals surface area contributed by atoms with Crippen molar-refractivity contribution in [3.05, 3.63) is 12.4 Å². The predicted molar refractivity (Wildman–Crippen MR) is 69.7 cm³/mol. The number of imide groups is 1. The Kier molecular flexibility index (Phi) is 3.32. The van der Waals surface area contributed by atoms with Crippen LogP contribution in [0.4, 0.5) is 4.79 Å². The van der Waals surface area contributed by atoms with Gasteiger partial charge in [0.05, 0.1) is 0 Å². The van der Waals surface area contributed by atoms with Crippen LogP contribution in [-0.2, 0) is 21.2 Å². The Balaban J connectivity index is 2.13. The second-order valence-corrected chi connectivity index (χ2v) is 7.10. The molecule has 1 aliphatic rings. The molecular weight excluding hydrogens is 284 g/mol. The molecule has 2 rings (SSSR count). The lowest BCUT2D eigenvalue weighted by molar-refractivity contribution is -0.130. The molecule has 1 fully saturated rings. The van der Waals surface area contributed by atoms with Crippen LogP contribution in [0, 0.1) is 0 Å². The zero-order valence-corrected chi connectivity index (χ0v) is 12.3. The van der Waals surface area contributed by atoms with Crippen LogP contribution in [0.25, 0.3) is 0 Å². The first-order valence-electron chi connectivity index (χ1n) is 5.98. The van der Waals surface area contributed by atoms with Gasteiger partial charge in [0.25, 0.3) is 5.91 Å². The van der Waals surface area contributed by atoms with E-state index >= 15 is 0 Å². The molecule has 0 spiro atoms. The van der Waals surface area contributed by atoms with Gasteiger partial charge in [-0.3, -0.25) is 9.69 Å². The van der Waals surface area contributed by atoms with Gasteiger partial charge in [0, 0.05) is 31.7 Å². The van der Waals surface area contributed by atoms with Crippen molar-refractivity contribution in [2.45, 2.75) is 31.1 Å². The Morgan fingerprint density at radius 2 is 1.95 bits per heavy atom. The van der Waals surface area contributed by atoms with Crippen LogP contribution in [0.5, 0.6) is 0 Å². The molecule has 0 atom stereocenters. The Morgan fingerprint density at radius 3 is 2.45 bits per heavy atom. The standard InChI is InChI=1S/C11H16N4O4S/c1-11(2)8(16)15(9(17)13-11)7-6-14-5-4-12-10(14)20(3,18)19/h4-5H,6-7H2,1-3H3,(H,13,17). The lowest BCUT2D eigenvalue weighted by Crippen LogP contribution is -2.40. The highest BCUT2D eigenvalue weighted by molar-refractivity contribution is 7.90. The molecule has 0 radical (unpaired) electrons. The second kappa shape index (κ2) is 4.58. The number of rotatable bonds is 4. The van der Waals surface area contributed by atoms with Crippen molar-refractivity contribution < 1.29 is 18.0 Å². The zero-order valence-electron chi connectivity index (χ0n) is 11.5. The van der Waals surface area contributed by atoms with E-state index in [4.69, 9.17) is 0 Å². The molecule has 110 valence electrons. The molecule has 0 aliphatic carbocycles. The smallest absolute Gasteiger partial charge is 0.324 e.